The average molecular weight is 160 g/mol. The Balaban J connectivity index is 2.35. The van der Waals surface area contributed by atoms with E-state index in [9.17, 15) is 9.90 Å². The van der Waals surface area contributed by atoms with E-state index in [2.05, 4.69) is 5.32 Å². The number of carbonyl (C=O) groups is 1. The number of β-amino-alcohol motifs (C(OH)–C–C–N with tert-alkyl or cyclic N) is 1. The van der Waals surface area contributed by atoms with Gasteiger partial charge in [-0.05, 0) is 0 Å². The molecule has 3 N–H and O–H groups in total. The van der Waals surface area contributed by atoms with Gasteiger partial charge in [0.15, 0.2) is 0 Å². The summed E-state index contributed by atoms with van der Waals surface area (Å²) >= 11 is 0. The Labute approximate surface area is 64.6 Å². The van der Waals surface area contributed by atoms with Crippen LogP contribution in [-0.4, -0.2) is 53.5 Å². The first kappa shape index (κ1) is 8.45. The van der Waals surface area contributed by atoms with Gasteiger partial charge in [-0.15, -0.1) is 0 Å². The number of nitrogens with one attached hydrogen (secondary N) is 1. The van der Waals surface area contributed by atoms with Gasteiger partial charge in [-0.3, -0.25) is 9.69 Å². The van der Waals surface area contributed by atoms with Crippen molar-refractivity contribution in [2.45, 2.75) is 6.23 Å². The summed E-state index contributed by atoms with van der Waals surface area (Å²) in [6.07, 6.45) is -0.653. The van der Waals surface area contributed by atoms with Crippen molar-refractivity contribution in [2.75, 3.05) is 26.2 Å². The maximum absolute atomic E-state index is 10.2. The van der Waals surface area contributed by atoms with Crippen molar-refractivity contribution in [3.05, 3.63) is 0 Å². The molecule has 5 nitrogen and oxygen atoms in total. The van der Waals surface area contributed by atoms with Crippen LogP contribution in [0, 0.1) is 0 Å². The summed E-state index contributed by atoms with van der Waals surface area (Å²) in [5.41, 5.74) is 0. The Kier molecular flexibility index (Phi) is 2.81. The molecule has 5 heteroatoms. The molecule has 1 heterocycles. The number of carboxylic acids is 1. The molecule has 1 atom stereocenters. The minimum atomic E-state index is -0.897. The fourth-order valence-electron chi connectivity index (χ4n) is 1.09. The third kappa shape index (κ3) is 2.45. The largest absolute Gasteiger partial charge is 0.480 e. The molecule has 1 rings (SSSR count). The first-order valence-corrected chi connectivity index (χ1v) is 3.55. The molecule has 0 aromatic rings. The minimum Gasteiger partial charge on any atom is -0.480 e. The number of piperazine rings is 1. The minimum absolute atomic E-state index is 0.0805. The van der Waals surface area contributed by atoms with Gasteiger partial charge < -0.3 is 15.5 Å². The second-order valence-corrected chi connectivity index (χ2v) is 2.55. The maximum Gasteiger partial charge on any atom is 0.317 e. The van der Waals surface area contributed by atoms with E-state index in [1.807, 2.05) is 0 Å². The van der Waals surface area contributed by atoms with E-state index in [1.165, 1.54) is 4.90 Å². The van der Waals surface area contributed by atoms with Gasteiger partial charge in [0.1, 0.15) is 6.23 Å². The van der Waals surface area contributed by atoms with E-state index in [1.54, 1.807) is 0 Å². The number of aliphatic carboxylic acids is 1. The van der Waals surface area contributed by atoms with Gasteiger partial charge in [-0.1, -0.05) is 0 Å². The molecule has 1 unspecified atom stereocenters. The van der Waals surface area contributed by atoms with Crippen molar-refractivity contribution in [1.82, 2.24) is 10.2 Å². The molecule has 0 bridgehead atoms. The van der Waals surface area contributed by atoms with Crippen LogP contribution < -0.4 is 5.32 Å². The summed E-state index contributed by atoms with van der Waals surface area (Å²) in [6.45, 7) is 1.70. The van der Waals surface area contributed by atoms with Gasteiger partial charge in [0.2, 0.25) is 0 Å². The fraction of sp³-hybridized carbons (Fsp3) is 0.833. The highest BCUT2D eigenvalue weighted by Crippen LogP contribution is 1.98. The molecule has 64 valence electrons. The lowest BCUT2D eigenvalue weighted by atomic mass is 10.3. The zero-order valence-electron chi connectivity index (χ0n) is 6.16. The van der Waals surface area contributed by atoms with Crippen molar-refractivity contribution in [3.63, 3.8) is 0 Å². The number of rotatable bonds is 2. The van der Waals surface area contributed by atoms with Gasteiger partial charge in [0, 0.05) is 19.6 Å². The third-order valence-corrected chi connectivity index (χ3v) is 1.66. The highest BCUT2D eigenvalue weighted by Gasteiger charge is 2.20. The molecule has 11 heavy (non-hydrogen) atoms. The predicted octanol–water partition coefficient (Wildman–Crippen LogP) is -1.71. The first-order valence-electron chi connectivity index (χ1n) is 3.55. The number of hydrogen-bond donors (Lipinski definition) is 3. The first-order chi connectivity index (χ1) is 5.20. The van der Waals surface area contributed by atoms with Gasteiger partial charge in [0.25, 0.3) is 0 Å². The predicted molar refractivity (Wildman–Crippen MR) is 38.1 cm³/mol. The van der Waals surface area contributed by atoms with Crippen LogP contribution >= 0.6 is 0 Å². The van der Waals surface area contributed by atoms with Gasteiger partial charge in [-0.25, -0.2) is 0 Å². The molecule has 0 saturated carbocycles. The number of aliphatic hydroxyl groups is 1. The molecule has 1 aliphatic rings. The van der Waals surface area contributed by atoms with Crippen LogP contribution in [0.3, 0.4) is 0 Å². The van der Waals surface area contributed by atoms with Crippen molar-refractivity contribution in [3.8, 4) is 0 Å². The van der Waals surface area contributed by atoms with Crippen LogP contribution in [0.5, 0.6) is 0 Å². The Morgan fingerprint density at radius 3 is 3.00 bits per heavy atom. The fourth-order valence-corrected chi connectivity index (χ4v) is 1.09. The average Bonchev–Trinajstić information content (AvgIpc) is 1.93. The Morgan fingerprint density at radius 1 is 1.73 bits per heavy atom. The lowest BCUT2D eigenvalue weighted by Crippen LogP contribution is -2.52. The molecule has 1 fully saturated rings. The molecule has 0 aromatic carbocycles. The maximum atomic E-state index is 10.2. The SMILES string of the molecule is O=C(O)CN1CCNCC1O. The van der Waals surface area contributed by atoms with Crippen molar-refractivity contribution >= 4 is 5.97 Å². The molecule has 0 aromatic heterocycles. The molecule has 1 aliphatic heterocycles. The Hall–Kier alpha value is -0.650. The number of nitrogens with zero attached hydrogens (tertiary/aromatic N) is 1. The van der Waals surface area contributed by atoms with Crippen molar-refractivity contribution in [2.24, 2.45) is 0 Å². The van der Waals surface area contributed by atoms with E-state index in [0.717, 1.165) is 6.54 Å². The van der Waals surface area contributed by atoms with Crippen LogP contribution in [0.15, 0.2) is 0 Å². The van der Waals surface area contributed by atoms with Crippen LogP contribution in [-0.2, 0) is 4.79 Å². The topological polar surface area (TPSA) is 72.8 Å². The van der Waals surface area contributed by atoms with Gasteiger partial charge in [-0.2, -0.15) is 0 Å². The van der Waals surface area contributed by atoms with Gasteiger partial charge >= 0.3 is 5.97 Å². The monoisotopic (exact) mass is 160 g/mol. The smallest absolute Gasteiger partial charge is 0.317 e. The molecule has 0 amide bonds. The summed E-state index contributed by atoms with van der Waals surface area (Å²) in [5.74, 6) is -0.897. The van der Waals surface area contributed by atoms with Crippen molar-refractivity contribution in [1.29, 1.82) is 0 Å². The lowest BCUT2D eigenvalue weighted by molar-refractivity contribution is -0.142. The quantitative estimate of drug-likeness (QED) is 0.449. The van der Waals surface area contributed by atoms with E-state index in [4.69, 9.17) is 5.11 Å². The Morgan fingerprint density at radius 2 is 2.45 bits per heavy atom. The molecule has 1 saturated heterocycles. The summed E-state index contributed by atoms with van der Waals surface area (Å²) in [7, 11) is 0. The van der Waals surface area contributed by atoms with E-state index in [-0.39, 0.29) is 6.54 Å². The van der Waals surface area contributed by atoms with Crippen LogP contribution in [0.2, 0.25) is 0 Å². The highest BCUT2D eigenvalue weighted by atomic mass is 16.4. The lowest BCUT2D eigenvalue weighted by Gasteiger charge is -2.30. The number of carboxylic acid groups (broad SMARTS) is 1. The molecule has 0 aliphatic carbocycles. The van der Waals surface area contributed by atoms with Gasteiger partial charge in [0.05, 0.1) is 6.54 Å². The second kappa shape index (κ2) is 3.66. The van der Waals surface area contributed by atoms with E-state index >= 15 is 0 Å². The summed E-state index contributed by atoms with van der Waals surface area (Å²) in [4.78, 5) is 11.8. The zero-order chi connectivity index (χ0) is 8.27. The zero-order valence-corrected chi connectivity index (χ0v) is 6.16. The highest BCUT2D eigenvalue weighted by molar-refractivity contribution is 5.69. The third-order valence-electron chi connectivity index (χ3n) is 1.66. The van der Waals surface area contributed by atoms with Crippen LogP contribution in [0.4, 0.5) is 0 Å². The molecular formula is C6H12N2O3. The second-order valence-electron chi connectivity index (χ2n) is 2.55. The standard InChI is InChI=1S/C6H12N2O3/c9-5-3-7-1-2-8(5)4-6(10)11/h5,7,9H,1-4H2,(H,10,11). The normalized spacial score (nSPS) is 26.8. The molecular weight excluding hydrogens is 148 g/mol. The van der Waals surface area contributed by atoms with E-state index in [0.29, 0.717) is 13.1 Å². The molecule has 0 spiro atoms. The number of hydrogen-bond acceptors (Lipinski definition) is 4. The summed E-state index contributed by atoms with van der Waals surface area (Å²) in [6, 6.07) is 0. The molecule has 0 radical (unpaired) electrons. The Bertz CT molecular complexity index is 151. The number of aliphatic hydroxyl groups excluding tert-OH is 1. The van der Waals surface area contributed by atoms with Crippen molar-refractivity contribution < 1.29 is 15.0 Å². The summed E-state index contributed by atoms with van der Waals surface area (Å²) < 4.78 is 0. The van der Waals surface area contributed by atoms with Crippen LogP contribution in [0.25, 0.3) is 0 Å². The van der Waals surface area contributed by atoms with Crippen LogP contribution in [0.1, 0.15) is 0 Å². The summed E-state index contributed by atoms with van der Waals surface area (Å²) in [5, 5.41) is 20.6. The van der Waals surface area contributed by atoms with E-state index < -0.39 is 12.2 Å².